The maximum atomic E-state index is 11.8. The first-order chi connectivity index (χ1) is 9.57. The van der Waals surface area contributed by atoms with Crippen molar-refractivity contribution in [3.05, 3.63) is 29.3 Å². The lowest BCUT2D eigenvalue weighted by Gasteiger charge is -2.31. The van der Waals surface area contributed by atoms with Crippen molar-refractivity contribution in [3.8, 4) is 6.07 Å². The van der Waals surface area contributed by atoms with Gasteiger partial charge in [-0.15, -0.1) is 0 Å². The van der Waals surface area contributed by atoms with E-state index in [1.807, 2.05) is 19.1 Å². The standard InChI is InChI=1S/C16H20N2O2/c1-12-6-7-14(13(10-12)11-17)18-16(15(19)20)8-4-2-3-5-9-16/h6-7,10,18H,2-5,8-9H2,1H3,(H,19,20). The van der Waals surface area contributed by atoms with Gasteiger partial charge < -0.3 is 10.4 Å². The van der Waals surface area contributed by atoms with Gasteiger partial charge in [0.1, 0.15) is 11.6 Å². The Morgan fingerprint density at radius 2 is 1.95 bits per heavy atom. The number of carboxylic acids is 1. The van der Waals surface area contributed by atoms with Gasteiger partial charge in [-0.3, -0.25) is 0 Å². The summed E-state index contributed by atoms with van der Waals surface area (Å²) in [4.78, 5) is 11.8. The predicted octanol–water partition coefficient (Wildman–Crippen LogP) is 3.46. The summed E-state index contributed by atoms with van der Waals surface area (Å²) in [5.41, 5.74) is 1.20. The fourth-order valence-corrected chi connectivity index (χ4v) is 2.84. The van der Waals surface area contributed by atoms with Crippen LogP contribution in [0.25, 0.3) is 0 Å². The third-order valence-electron chi connectivity index (χ3n) is 4.04. The second-order valence-electron chi connectivity index (χ2n) is 5.59. The highest BCUT2D eigenvalue weighted by Gasteiger charge is 2.38. The molecular formula is C16H20N2O2. The molecule has 0 saturated heterocycles. The molecule has 1 fully saturated rings. The second-order valence-corrected chi connectivity index (χ2v) is 5.59. The topological polar surface area (TPSA) is 73.1 Å². The highest BCUT2D eigenvalue weighted by molar-refractivity contribution is 5.83. The minimum absolute atomic E-state index is 0.509. The third kappa shape index (κ3) is 2.93. The van der Waals surface area contributed by atoms with Crippen LogP contribution in [0.1, 0.15) is 49.7 Å². The number of carbonyl (C=O) groups is 1. The number of nitrogens with one attached hydrogen (secondary N) is 1. The largest absolute Gasteiger partial charge is 0.480 e. The van der Waals surface area contributed by atoms with Crippen LogP contribution in [0.5, 0.6) is 0 Å². The maximum absolute atomic E-state index is 11.8. The average Bonchev–Trinajstić information content (AvgIpc) is 2.67. The van der Waals surface area contributed by atoms with Crippen LogP contribution in [0.3, 0.4) is 0 Å². The summed E-state index contributed by atoms with van der Waals surface area (Å²) >= 11 is 0. The van der Waals surface area contributed by atoms with E-state index in [2.05, 4.69) is 11.4 Å². The minimum atomic E-state index is -0.933. The molecule has 0 atom stereocenters. The number of nitriles is 1. The molecule has 0 spiro atoms. The van der Waals surface area contributed by atoms with Gasteiger partial charge in [-0.05, 0) is 37.5 Å². The lowest BCUT2D eigenvalue weighted by molar-refractivity contribution is -0.142. The van der Waals surface area contributed by atoms with Crippen molar-refractivity contribution in [2.45, 2.75) is 51.0 Å². The molecule has 2 rings (SSSR count). The molecule has 1 aromatic rings. The molecule has 4 heteroatoms. The van der Waals surface area contributed by atoms with Crippen LogP contribution in [-0.4, -0.2) is 16.6 Å². The maximum Gasteiger partial charge on any atom is 0.329 e. The van der Waals surface area contributed by atoms with Gasteiger partial charge in [-0.2, -0.15) is 5.26 Å². The van der Waals surface area contributed by atoms with Crippen LogP contribution in [0, 0.1) is 18.3 Å². The molecule has 0 radical (unpaired) electrons. The number of aryl methyl sites for hydroxylation is 1. The van der Waals surface area contributed by atoms with Crippen molar-refractivity contribution >= 4 is 11.7 Å². The van der Waals surface area contributed by atoms with Gasteiger partial charge in [0.2, 0.25) is 0 Å². The lowest BCUT2D eigenvalue weighted by Crippen LogP contribution is -2.46. The van der Waals surface area contributed by atoms with E-state index in [1.165, 1.54) is 0 Å². The van der Waals surface area contributed by atoms with Gasteiger partial charge in [-0.1, -0.05) is 31.7 Å². The number of rotatable bonds is 3. The molecule has 0 heterocycles. The molecule has 0 unspecified atom stereocenters. The normalized spacial score (nSPS) is 17.8. The molecule has 1 aliphatic carbocycles. The molecule has 1 aromatic carbocycles. The van der Waals surface area contributed by atoms with E-state index < -0.39 is 11.5 Å². The quantitative estimate of drug-likeness (QED) is 0.826. The van der Waals surface area contributed by atoms with Crippen molar-refractivity contribution in [2.24, 2.45) is 0 Å². The van der Waals surface area contributed by atoms with Crippen LogP contribution in [0.4, 0.5) is 5.69 Å². The Bertz CT molecular complexity index is 538. The smallest absolute Gasteiger partial charge is 0.329 e. The fourth-order valence-electron chi connectivity index (χ4n) is 2.84. The first-order valence-electron chi connectivity index (χ1n) is 7.10. The first kappa shape index (κ1) is 14.4. The zero-order valence-electron chi connectivity index (χ0n) is 11.8. The minimum Gasteiger partial charge on any atom is -0.480 e. The van der Waals surface area contributed by atoms with Gasteiger partial charge in [0.05, 0.1) is 11.3 Å². The highest BCUT2D eigenvalue weighted by atomic mass is 16.4. The Hall–Kier alpha value is -2.02. The monoisotopic (exact) mass is 272 g/mol. The first-order valence-corrected chi connectivity index (χ1v) is 7.10. The SMILES string of the molecule is Cc1ccc(NC2(C(=O)O)CCCCCC2)c(C#N)c1. The molecule has 4 nitrogen and oxygen atoms in total. The number of carboxylic acid groups (broad SMARTS) is 1. The van der Waals surface area contributed by atoms with Crippen molar-refractivity contribution in [2.75, 3.05) is 5.32 Å². The highest BCUT2D eigenvalue weighted by Crippen LogP contribution is 2.32. The Morgan fingerprint density at radius 1 is 1.30 bits per heavy atom. The molecule has 0 bridgehead atoms. The summed E-state index contributed by atoms with van der Waals surface area (Å²) in [7, 11) is 0. The van der Waals surface area contributed by atoms with Crippen molar-refractivity contribution in [1.82, 2.24) is 0 Å². The Kier molecular flexibility index (Phi) is 4.29. The van der Waals surface area contributed by atoms with E-state index >= 15 is 0 Å². The second kappa shape index (κ2) is 5.96. The molecule has 106 valence electrons. The summed E-state index contributed by atoms with van der Waals surface area (Å²) in [6.45, 7) is 1.92. The Balaban J connectivity index is 2.33. The molecule has 1 saturated carbocycles. The zero-order chi connectivity index (χ0) is 14.6. The van der Waals surface area contributed by atoms with Gasteiger partial charge >= 0.3 is 5.97 Å². The lowest BCUT2D eigenvalue weighted by atomic mass is 9.89. The van der Waals surface area contributed by atoms with Crippen molar-refractivity contribution in [1.29, 1.82) is 5.26 Å². The van der Waals surface area contributed by atoms with Gasteiger partial charge in [-0.25, -0.2) is 4.79 Å². The number of nitrogens with zero attached hydrogens (tertiary/aromatic N) is 1. The van der Waals surface area contributed by atoms with Gasteiger partial charge in [0.15, 0.2) is 0 Å². The number of anilines is 1. The number of hydrogen-bond donors (Lipinski definition) is 2. The van der Waals surface area contributed by atoms with Crippen LogP contribution in [0.2, 0.25) is 0 Å². The molecule has 20 heavy (non-hydrogen) atoms. The van der Waals surface area contributed by atoms with E-state index in [9.17, 15) is 15.2 Å². The molecule has 0 aromatic heterocycles. The molecule has 0 amide bonds. The number of aliphatic carboxylic acids is 1. The summed E-state index contributed by atoms with van der Waals surface area (Å²) in [6.07, 6.45) is 5.20. The number of hydrogen-bond acceptors (Lipinski definition) is 3. The molecule has 1 aliphatic rings. The van der Waals surface area contributed by atoms with E-state index in [-0.39, 0.29) is 0 Å². The number of benzene rings is 1. The third-order valence-corrected chi connectivity index (χ3v) is 4.04. The predicted molar refractivity (Wildman–Crippen MR) is 77.6 cm³/mol. The van der Waals surface area contributed by atoms with E-state index in [1.54, 1.807) is 6.07 Å². The Morgan fingerprint density at radius 3 is 2.50 bits per heavy atom. The zero-order valence-corrected chi connectivity index (χ0v) is 11.8. The molecular weight excluding hydrogens is 252 g/mol. The van der Waals surface area contributed by atoms with Crippen LogP contribution < -0.4 is 5.32 Å². The van der Waals surface area contributed by atoms with E-state index in [0.717, 1.165) is 31.2 Å². The Labute approximate surface area is 119 Å². The van der Waals surface area contributed by atoms with Crippen molar-refractivity contribution in [3.63, 3.8) is 0 Å². The average molecular weight is 272 g/mol. The van der Waals surface area contributed by atoms with E-state index in [0.29, 0.717) is 24.1 Å². The van der Waals surface area contributed by atoms with Gasteiger partial charge in [0, 0.05) is 0 Å². The van der Waals surface area contributed by atoms with E-state index in [4.69, 9.17) is 0 Å². The molecule has 2 N–H and O–H groups in total. The fraction of sp³-hybridized carbons (Fsp3) is 0.500. The summed E-state index contributed by atoms with van der Waals surface area (Å²) in [5.74, 6) is -0.816. The summed E-state index contributed by atoms with van der Waals surface area (Å²) in [5, 5.41) is 22.0. The van der Waals surface area contributed by atoms with Crippen molar-refractivity contribution < 1.29 is 9.90 Å². The molecule has 0 aliphatic heterocycles. The summed E-state index contributed by atoms with van der Waals surface area (Å²) < 4.78 is 0. The van der Waals surface area contributed by atoms with Crippen LogP contribution in [0.15, 0.2) is 18.2 Å². The van der Waals surface area contributed by atoms with Crippen LogP contribution >= 0.6 is 0 Å². The van der Waals surface area contributed by atoms with Crippen LogP contribution in [-0.2, 0) is 4.79 Å². The van der Waals surface area contributed by atoms with Gasteiger partial charge in [0.25, 0.3) is 0 Å². The summed E-state index contributed by atoms with van der Waals surface area (Å²) in [6, 6.07) is 7.64.